The predicted octanol–water partition coefficient (Wildman–Crippen LogP) is 0.814. The van der Waals surface area contributed by atoms with Crippen molar-refractivity contribution in [2.24, 2.45) is 0 Å². The van der Waals surface area contributed by atoms with E-state index in [2.05, 4.69) is 6.92 Å². The van der Waals surface area contributed by atoms with Crippen molar-refractivity contribution < 1.29 is 17.5 Å². The largest absolute Gasteiger partial charge is 0.286 e. The molecule has 0 aliphatic rings. The van der Waals surface area contributed by atoms with Gasteiger partial charge in [0.2, 0.25) is 0 Å². The Morgan fingerprint density at radius 1 is 1.33 bits per heavy atom. The van der Waals surface area contributed by atoms with Crippen molar-refractivity contribution >= 4 is 10.1 Å². The average molecular weight is 230 g/mol. The molecule has 1 N–H and O–H groups in total. The maximum Gasteiger partial charge on any atom is 0.265 e. The fourth-order valence-electron chi connectivity index (χ4n) is 1.30. The molecule has 15 heavy (non-hydrogen) atoms. The van der Waals surface area contributed by atoms with Crippen molar-refractivity contribution in [2.45, 2.75) is 26.3 Å². The second-order valence-corrected chi connectivity index (χ2v) is 5.01. The molecule has 0 unspecified atom stereocenters. The van der Waals surface area contributed by atoms with Crippen LogP contribution in [0.2, 0.25) is 0 Å². The molecule has 0 aliphatic carbocycles. The van der Waals surface area contributed by atoms with Crippen LogP contribution in [-0.2, 0) is 23.1 Å². The predicted molar refractivity (Wildman–Crippen MR) is 57.0 cm³/mol. The van der Waals surface area contributed by atoms with E-state index in [0.29, 0.717) is 13.0 Å². The topological polar surface area (TPSA) is 58.2 Å². The second-order valence-electron chi connectivity index (χ2n) is 3.44. The Hall–Kier alpha value is -0.940. The van der Waals surface area contributed by atoms with Crippen LogP contribution in [0.1, 0.15) is 18.9 Å². The first-order valence-corrected chi connectivity index (χ1v) is 6.55. The summed E-state index contributed by atoms with van der Waals surface area (Å²) in [5.74, 6) is -0.185. The molecule has 0 spiro atoms. The number of pyridine rings is 1. The molecule has 0 fully saturated rings. The first-order valence-electron chi connectivity index (χ1n) is 4.94. The highest BCUT2D eigenvalue weighted by molar-refractivity contribution is 7.85. The number of rotatable bonds is 5. The highest BCUT2D eigenvalue weighted by Crippen LogP contribution is 1.95. The molecule has 0 saturated heterocycles. The van der Waals surface area contributed by atoms with E-state index in [1.165, 1.54) is 5.56 Å². The van der Waals surface area contributed by atoms with Crippen molar-refractivity contribution in [2.75, 3.05) is 5.75 Å². The highest BCUT2D eigenvalue weighted by atomic mass is 32.2. The molecule has 0 amide bonds. The van der Waals surface area contributed by atoms with Gasteiger partial charge in [-0.2, -0.15) is 8.42 Å². The molecule has 0 atom stereocenters. The summed E-state index contributed by atoms with van der Waals surface area (Å²) in [6.07, 6.45) is 5.26. The Kier molecular flexibility index (Phi) is 4.23. The fourth-order valence-corrected chi connectivity index (χ4v) is 1.80. The monoisotopic (exact) mass is 230 g/mol. The lowest BCUT2D eigenvalue weighted by Crippen LogP contribution is -2.33. The minimum absolute atomic E-state index is 0.185. The van der Waals surface area contributed by atoms with Gasteiger partial charge in [0.1, 0.15) is 6.54 Å². The van der Waals surface area contributed by atoms with E-state index in [1.54, 1.807) is 0 Å². The average Bonchev–Trinajstić information content (AvgIpc) is 2.17. The van der Waals surface area contributed by atoms with Crippen LogP contribution in [-0.4, -0.2) is 18.7 Å². The van der Waals surface area contributed by atoms with Gasteiger partial charge in [0.15, 0.2) is 12.4 Å². The van der Waals surface area contributed by atoms with E-state index in [9.17, 15) is 8.42 Å². The normalized spacial score (nSPS) is 11.6. The van der Waals surface area contributed by atoms with Crippen LogP contribution < -0.4 is 4.57 Å². The third kappa shape index (κ3) is 4.90. The summed E-state index contributed by atoms with van der Waals surface area (Å²) in [6, 6.07) is 4.01. The Labute approximate surface area is 90.3 Å². The van der Waals surface area contributed by atoms with Crippen LogP contribution >= 0.6 is 0 Å². The van der Waals surface area contributed by atoms with Gasteiger partial charge in [-0.15, -0.1) is 0 Å². The molecule has 1 aromatic rings. The number of aromatic nitrogens is 1. The van der Waals surface area contributed by atoms with Gasteiger partial charge in [-0.1, -0.05) is 6.92 Å². The van der Waals surface area contributed by atoms with Crippen molar-refractivity contribution in [3.05, 3.63) is 30.1 Å². The third-order valence-corrected chi connectivity index (χ3v) is 2.99. The summed E-state index contributed by atoms with van der Waals surface area (Å²) in [5.41, 5.74) is 1.25. The molecule has 1 aromatic heterocycles. The van der Waals surface area contributed by atoms with Gasteiger partial charge in [0, 0.05) is 18.6 Å². The smallest absolute Gasteiger partial charge is 0.265 e. The number of aryl methyl sites for hydroxylation is 2. The Bertz CT molecular complexity index is 397. The quantitative estimate of drug-likeness (QED) is 0.601. The zero-order chi connectivity index (χ0) is 11.3. The Balaban J connectivity index is 2.45. The molecular weight excluding hydrogens is 214 g/mol. The molecule has 0 aromatic carbocycles. The van der Waals surface area contributed by atoms with Gasteiger partial charge in [0.05, 0.1) is 5.75 Å². The lowest BCUT2D eigenvalue weighted by Gasteiger charge is -1.97. The zero-order valence-corrected chi connectivity index (χ0v) is 9.57. The van der Waals surface area contributed by atoms with Crippen molar-refractivity contribution in [3.63, 3.8) is 0 Å². The Morgan fingerprint density at radius 2 is 1.93 bits per heavy atom. The zero-order valence-electron chi connectivity index (χ0n) is 8.76. The van der Waals surface area contributed by atoms with E-state index in [-0.39, 0.29) is 5.75 Å². The maximum atomic E-state index is 10.5. The molecular formula is C10H16NO3S+. The molecule has 0 aliphatic heterocycles. The van der Waals surface area contributed by atoms with Gasteiger partial charge in [-0.05, 0) is 12.0 Å². The van der Waals surface area contributed by atoms with Crippen LogP contribution in [0.5, 0.6) is 0 Å². The highest BCUT2D eigenvalue weighted by Gasteiger charge is 2.06. The molecule has 0 radical (unpaired) electrons. The molecule has 0 bridgehead atoms. The van der Waals surface area contributed by atoms with Crippen molar-refractivity contribution in [1.29, 1.82) is 0 Å². The van der Waals surface area contributed by atoms with Crippen LogP contribution in [0.3, 0.4) is 0 Å². The van der Waals surface area contributed by atoms with Crippen LogP contribution in [0.15, 0.2) is 24.5 Å². The standard InChI is InChI=1S/C10H15NO3S/c1-2-10-4-7-11(8-5-10)6-3-9-15(12,13)14/h4-5,7-8H,2-3,6,9H2,1H3/p+1. The fraction of sp³-hybridized carbons (Fsp3) is 0.500. The first kappa shape index (κ1) is 12.1. The summed E-state index contributed by atoms with van der Waals surface area (Å²) < 4.78 is 31.4. The number of hydrogen-bond donors (Lipinski definition) is 1. The lowest BCUT2D eigenvalue weighted by molar-refractivity contribution is -0.696. The van der Waals surface area contributed by atoms with E-state index in [1.807, 2.05) is 29.1 Å². The molecule has 84 valence electrons. The molecule has 1 heterocycles. The summed E-state index contributed by atoms with van der Waals surface area (Å²) >= 11 is 0. The van der Waals surface area contributed by atoms with Gasteiger partial charge in [0.25, 0.3) is 10.1 Å². The van der Waals surface area contributed by atoms with Crippen molar-refractivity contribution in [3.8, 4) is 0 Å². The summed E-state index contributed by atoms with van der Waals surface area (Å²) in [6.45, 7) is 2.68. The van der Waals surface area contributed by atoms with Gasteiger partial charge < -0.3 is 0 Å². The van der Waals surface area contributed by atoms with Gasteiger partial charge in [-0.3, -0.25) is 4.55 Å². The SMILES string of the molecule is CCc1cc[n+](CCCS(=O)(=O)O)cc1. The van der Waals surface area contributed by atoms with E-state index in [4.69, 9.17) is 4.55 Å². The summed E-state index contributed by atoms with van der Waals surface area (Å²) in [5, 5.41) is 0. The van der Waals surface area contributed by atoms with Crippen LogP contribution in [0.4, 0.5) is 0 Å². The second kappa shape index (κ2) is 5.23. The minimum Gasteiger partial charge on any atom is -0.286 e. The Morgan fingerprint density at radius 3 is 2.40 bits per heavy atom. The summed E-state index contributed by atoms with van der Waals surface area (Å²) in [4.78, 5) is 0. The van der Waals surface area contributed by atoms with E-state index in [0.717, 1.165) is 6.42 Å². The number of hydrogen-bond acceptors (Lipinski definition) is 2. The molecule has 4 nitrogen and oxygen atoms in total. The first-order chi connectivity index (χ1) is 7.01. The van der Waals surface area contributed by atoms with E-state index >= 15 is 0 Å². The minimum atomic E-state index is -3.82. The lowest BCUT2D eigenvalue weighted by atomic mass is 10.2. The van der Waals surface area contributed by atoms with Crippen LogP contribution in [0.25, 0.3) is 0 Å². The molecule has 0 saturated carbocycles. The maximum absolute atomic E-state index is 10.5. The van der Waals surface area contributed by atoms with Crippen molar-refractivity contribution in [1.82, 2.24) is 0 Å². The third-order valence-electron chi connectivity index (χ3n) is 2.19. The van der Waals surface area contributed by atoms with Gasteiger partial charge >= 0.3 is 0 Å². The summed E-state index contributed by atoms with van der Waals surface area (Å²) in [7, 11) is -3.82. The van der Waals surface area contributed by atoms with E-state index < -0.39 is 10.1 Å². The van der Waals surface area contributed by atoms with Crippen LogP contribution in [0, 0.1) is 0 Å². The van der Waals surface area contributed by atoms with Gasteiger partial charge in [-0.25, -0.2) is 4.57 Å². The number of nitrogens with zero attached hydrogens (tertiary/aromatic N) is 1. The molecule has 1 rings (SSSR count). The molecule has 5 heteroatoms.